The van der Waals surface area contributed by atoms with Gasteiger partial charge in [-0.15, -0.1) is 0 Å². The molecule has 12 nitrogen and oxygen atoms in total. The Labute approximate surface area is 198 Å². The average molecular weight is 492 g/mol. The van der Waals surface area contributed by atoms with Gasteiger partial charge in [0.25, 0.3) is 0 Å². The molecule has 0 bridgehead atoms. The van der Waals surface area contributed by atoms with Gasteiger partial charge < -0.3 is 31.1 Å². The molecule has 0 aliphatic carbocycles. The summed E-state index contributed by atoms with van der Waals surface area (Å²) < 4.78 is 25.0. The van der Waals surface area contributed by atoms with Crippen LogP contribution in [-0.4, -0.2) is 67.4 Å². The van der Waals surface area contributed by atoms with Gasteiger partial charge in [0.2, 0.25) is 0 Å². The van der Waals surface area contributed by atoms with Crippen molar-refractivity contribution < 1.29 is 55.0 Å². The third-order valence-corrected chi connectivity index (χ3v) is 5.26. The minimum Gasteiger partial charge on any atom is -0.549 e. The number of benzene rings is 2. The normalized spacial score (nSPS) is 12.2. The van der Waals surface area contributed by atoms with Crippen molar-refractivity contribution in [2.75, 3.05) is 0 Å². The van der Waals surface area contributed by atoms with Gasteiger partial charge in [-0.25, -0.2) is 4.79 Å². The van der Waals surface area contributed by atoms with Crippen LogP contribution in [0.25, 0.3) is 10.8 Å². The first-order valence-electron chi connectivity index (χ1n) is 9.81. The molecule has 0 heterocycles. The fourth-order valence-electron chi connectivity index (χ4n) is 2.61. The van der Waals surface area contributed by atoms with Crippen LogP contribution in [0.15, 0.2) is 30.3 Å². The molecule has 0 radical (unpaired) electrons. The molecule has 0 aliphatic rings. The number of aliphatic hydroxyl groups excluding tert-OH is 2. The molecule has 13 heteroatoms. The van der Waals surface area contributed by atoms with Crippen molar-refractivity contribution in [2.24, 2.45) is 0 Å². The van der Waals surface area contributed by atoms with Crippen LogP contribution in [0.4, 0.5) is 0 Å². The minimum atomic E-state index is -3.91. The predicted octanol–water partition coefficient (Wildman–Crippen LogP) is 0.680. The van der Waals surface area contributed by atoms with E-state index in [9.17, 15) is 34.2 Å². The van der Waals surface area contributed by atoms with Crippen molar-refractivity contribution in [3.8, 4) is 11.5 Å². The van der Waals surface area contributed by atoms with Gasteiger partial charge in [-0.1, -0.05) is 12.1 Å². The van der Waals surface area contributed by atoms with E-state index < -0.39 is 57.2 Å². The number of carbonyl (C=O) groups is 5. The number of aliphatic hydroxyl groups is 2. The van der Waals surface area contributed by atoms with Crippen LogP contribution in [0.1, 0.15) is 38.1 Å². The SMILES string of the molecule is CC(=O)Oc1ccc(OC(C)=O)c2c(C(=O)[O][Al]([O]C(=O)C(C)O)[O]C(=O)C(C)O)cccc12. The quantitative estimate of drug-likeness (QED) is 0.300. The molecule has 2 rings (SSSR count). The topological polar surface area (TPSA) is 172 Å². The summed E-state index contributed by atoms with van der Waals surface area (Å²) in [6.07, 6.45) is -3.23. The molecule has 34 heavy (non-hydrogen) atoms. The molecule has 0 saturated heterocycles. The van der Waals surface area contributed by atoms with Gasteiger partial charge in [-0.05, 0) is 32.0 Å². The van der Waals surface area contributed by atoms with Crippen LogP contribution in [0.3, 0.4) is 0 Å². The first-order chi connectivity index (χ1) is 15.9. The molecule has 0 amide bonds. The Balaban J connectivity index is 2.53. The Morgan fingerprint density at radius 3 is 1.76 bits per heavy atom. The van der Waals surface area contributed by atoms with E-state index in [4.69, 9.17) is 20.8 Å². The number of hydrogen-bond acceptors (Lipinski definition) is 12. The van der Waals surface area contributed by atoms with E-state index in [1.165, 1.54) is 37.3 Å². The number of carbonyl (C=O) groups excluding carboxylic acids is 5. The Morgan fingerprint density at radius 1 is 0.765 bits per heavy atom. The molecule has 0 spiro atoms. The van der Waals surface area contributed by atoms with Crippen molar-refractivity contribution in [1.29, 1.82) is 0 Å². The van der Waals surface area contributed by atoms with E-state index >= 15 is 0 Å². The zero-order chi connectivity index (χ0) is 25.6. The number of hydrogen-bond donors (Lipinski definition) is 2. The van der Waals surface area contributed by atoms with Gasteiger partial charge in [-0.3, -0.25) is 19.2 Å². The summed E-state index contributed by atoms with van der Waals surface area (Å²) in [5.74, 6) is -4.94. The summed E-state index contributed by atoms with van der Waals surface area (Å²) >= 11 is -3.91. The van der Waals surface area contributed by atoms with Gasteiger partial charge in [0.05, 0.1) is 5.56 Å². The summed E-state index contributed by atoms with van der Waals surface area (Å²) in [5.41, 5.74) is -0.207. The number of fused-ring (bicyclic) bond motifs is 1. The average Bonchev–Trinajstić information content (AvgIpc) is 2.73. The smallest absolute Gasteiger partial charge is 0.549 e. The molecular formula is C21H21AlO12. The second-order valence-electron chi connectivity index (χ2n) is 6.90. The van der Waals surface area contributed by atoms with Gasteiger partial charge in [0.15, 0.2) is 0 Å². The Hall–Kier alpha value is -3.50. The van der Waals surface area contributed by atoms with E-state index in [0.29, 0.717) is 0 Å². The highest BCUT2D eigenvalue weighted by Crippen LogP contribution is 2.36. The fraction of sp³-hybridized carbons (Fsp3) is 0.286. The van der Waals surface area contributed by atoms with Crippen molar-refractivity contribution >= 4 is 55.8 Å². The van der Waals surface area contributed by atoms with Crippen LogP contribution < -0.4 is 9.47 Å². The molecule has 0 aliphatic heterocycles. The van der Waals surface area contributed by atoms with E-state index in [1.807, 2.05) is 0 Å². The number of rotatable bonds is 8. The van der Waals surface area contributed by atoms with Crippen LogP contribution in [0.5, 0.6) is 11.5 Å². The lowest BCUT2D eigenvalue weighted by molar-refractivity contribution is -0.152. The maximum Gasteiger partial charge on any atom is 1.20 e. The summed E-state index contributed by atoms with van der Waals surface area (Å²) in [5, 5.41) is 18.9. The summed E-state index contributed by atoms with van der Waals surface area (Å²) in [4.78, 5) is 59.6. The molecule has 180 valence electrons. The van der Waals surface area contributed by atoms with Gasteiger partial charge in [0.1, 0.15) is 23.7 Å². The van der Waals surface area contributed by atoms with Crippen molar-refractivity contribution in [3.63, 3.8) is 0 Å². The second kappa shape index (κ2) is 11.6. The second-order valence-corrected chi connectivity index (χ2v) is 8.18. The molecule has 0 saturated carbocycles. The third-order valence-electron chi connectivity index (χ3n) is 4.00. The van der Waals surface area contributed by atoms with Crippen molar-refractivity contribution in [3.05, 3.63) is 35.9 Å². The summed E-state index contributed by atoms with van der Waals surface area (Å²) in [7, 11) is 0. The third kappa shape index (κ3) is 7.00. The molecule has 2 aromatic rings. The molecule has 0 fully saturated rings. The lowest BCUT2D eigenvalue weighted by Gasteiger charge is -2.17. The van der Waals surface area contributed by atoms with Gasteiger partial charge >= 0.3 is 45.0 Å². The highest BCUT2D eigenvalue weighted by Gasteiger charge is 2.50. The van der Waals surface area contributed by atoms with E-state index in [0.717, 1.165) is 20.8 Å². The molecular weight excluding hydrogens is 471 g/mol. The van der Waals surface area contributed by atoms with Gasteiger partial charge in [0, 0.05) is 24.6 Å². The lowest BCUT2D eigenvalue weighted by atomic mass is 10.0. The Morgan fingerprint density at radius 2 is 1.26 bits per heavy atom. The van der Waals surface area contributed by atoms with Gasteiger partial charge in [-0.2, -0.15) is 0 Å². The zero-order valence-corrected chi connectivity index (χ0v) is 19.8. The first kappa shape index (κ1) is 26.8. The van der Waals surface area contributed by atoms with Crippen LogP contribution in [0.2, 0.25) is 0 Å². The lowest BCUT2D eigenvalue weighted by Crippen LogP contribution is -2.39. The monoisotopic (exact) mass is 492 g/mol. The summed E-state index contributed by atoms with van der Waals surface area (Å²) in [6.45, 7) is 4.48. The van der Waals surface area contributed by atoms with E-state index in [2.05, 4.69) is 0 Å². The highest BCUT2D eigenvalue weighted by molar-refractivity contribution is 6.45. The predicted molar refractivity (Wildman–Crippen MR) is 113 cm³/mol. The van der Waals surface area contributed by atoms with Crippen LogP contribution >= 0.6 is 0 Å². The van der Waals surface area contributed by atoms with Crippen molar-refractivity contribution in [1.82, 2.24) is 0 Å². The maximum atomic E-state index is 13.0. The van der Waals surface area contributed by atoms with E-state index in [-0.39, 0.29) is 27.8 Å². The van der Waals surface area contributed by atoms with Crippen LogP contribution in [0, 0.1) is 0 Å². The molecule has 2 aromatic carbocycles. The standard InChI is InChI=1S/C15H12O6.2C3H6O3.Al/c1-8(16)20-12-6-7-13(21-9(2)17)14-10(12)4-3-5-11(14)15(18)19;2*1-2(4)3(5)6;/h3-7H,1-2H3,(H,18,19);2*2,4H,1H3,(H,5,6);/q;;;+3/p-3. The Kier molecular flexibility index (Phi) is 9.11. The number of esters is 2. The summed E-state index contributed by atoms with van der Waals surface area (Å²) in [6, 6.07) is 6.86. The van der Waals surface area contributed by atoms with Crippen LogP contribution in [-0.2, 0) is 30.5 Å². The molecule has 2 unspecified atom stereocenters. The van der Waals surface area contributed by atoms with Crippen molar-refractivity contribution in [2.45, 2.75) is 39.9 Å². The highest BCUT2D eigenvalue weighted by atomic mass is 27.3. The number of ether oxygens (including phenoxy) is 2. The zero-order valence-electron chi connectivity index (χ0n) is 18.6. The molecule has 2 N–H and O–H groups in total. The largest absolute Gasteiger partial charge is 1.20 e. The first-order valence-corrected chi connectivity index (χ1v) is 11.2. The Bertz CT molecular complexity index is 1100. The van der Waals surface area contributed by atoms with E-state index in [1.54, 1.807) is 0 Å². The molecule has 0 aromatic heterocycles. The fourth-order valence-corrected chi connectivity index (χ4v) is 3.83. The maximum absolute atomic E-state index is 13.0. The minimum absolute atomic E-state index is 0.0258. The molecule has 2 atom stereocenters.